The van der Waals surface area contributed by atoms with E-state index in [1.807, 2.05) is 0 Å². The van der Waals surface area contributed by atoms with Crippen LogP contribution in [0.4, 0.5) is 5.69 Å². The van der Waals surface area contributed by atoms with Crippen molar-refractivity contribution >= 4 is 21.6 Å². The van der Waals surface area contributed by atoms with Crippen molar-refractivity contribution in [3.63, 3.8) is 0 Å². The smallest absolute Gasteiger partial charge is 0.241 e. The van der Waals surface area contributed by atoms with Crippen molar-refractivity contribution in [1.29, 1.82) is 0 Å². The zero-order valence-corrected chi connectivity index (χ0v) is 15.8. The number of carbonyl (C=O) groups is 1. The molecule has 0 saturated carbocycles. The summed E-state index contributed by atoms with van der Waals surface area (Å²) in [5.41, 5.74) is 1.17. The molecule has 0 aromatic heterocycles. The van der Waals surface area contributed by atoms with Crippen molar-refractivity contribution in [3.05, 3.63) is 42.0 Å². The molecule has 0 fully saturated rings. The Hall–Kier alpha value is -2.78. The molecule has 1 amide bonds. The highest BCUT2D eigenvalue weighted by Gasteiger charge is 2.18. The number of sulfonamides is 1. The van der Waals surface area contributed by atoms with E-state index in [1.54, 1.807) is 31.2 Å². The summed E-state index contributed by atoms with van der Waals surface area (Å²) in [5.74, 6) is 1.23. The molecule has 2 aromatic rings. The van der Waals surface area contributed by atoms with E-state index in [1.165, 1.54) is 19.2 Å². The van der Waals surface area contributed by atoms with Crippen LogP contribution >= 0.6 is 0 Å². The normalized spacial score (nSPS) is 13.1. The highest BCUT2D eigenvalue weighted by molar-refractivity contribution is 7.89. The van der Waals surface area contributed by atoms with Gasteiger partial charge in [0.2, 0.25) is 15.9 Å². The lowest BCUT2D eigenvalue weighted by Gasteiger charge is -2.19. The molecule has 0 radical (unpaired) electrons. The standard InChI is InChI=1S/C18H20N2O6S/c1-12-9-14(4-6-15(12)24-2)27(22,23)19-11-18(21)20-13-3-5-16-17(10-13)26-8-7-25-16/h3-6,9-10,19H,7-8,11H2,1-2H3,(H,20,21). The second-order valence-electron chi connectivity index (χ2n) is 5.86. The second kappa shape index (κ2) is 7.85. The molecule has 1 aliphatic heterocycles. The van der Waals surface area contributed by atoms with Gasteiger partial charge in [0, 0.05) is 11.8 Å². The van der Waals surface area contributed by atoms with Crippen LogP contribution in [-0.2, 0) is 14.8 Å². The van der Waals surface area contributed by atoms with Gasteiger partial charge in [-0.25, -0.2) is 13.1 Å². The molecule has 2 aromatic carbocycles. The van der Waals surface area contributed by atoms with Gasteiger partial charge in [0.15, 0.2) is 11.5 Å². The van der Waals surface area contributed by atoms with Crippen LogP contribution in [0.3, 0.4) is 0 Å². The molecule has 0 aliphatic carbocycles. The largest absolute Gasteiger partial charge is 0.496 e. The molecule has 0 saturated heterocycles. The van der Waals surface area contributed by atoms with Crippen LogP contribution in [0.25, 0.3) is 0 Å². The van der Waals surface area contributed by atoms with Gasteiger partial charge in [-0.3, -0.25) is 4.79 Å². The number of anilines is 1. The number of aryl methyl sites for hydroxylation is 1. The van der Waals surface area contributed by atoms with Crippen LogP contribution in [-0.4, -0.2) is 41.2 Å². The van der Waals surface area contributed by atoms with Gasteiger partial charge in [-0.15, -0.1) is 0 Å². The van der Waals surface area contributed by atoms with E-state index in [2.05, 4.69) is 10.0 Å². The van der Waals surface area contributed by atoms with Gasteiger partial charge in [0.05, 0.1) is 18.6 Å². The molecule has 2 N–H and O–H groups in total. The Balaban J connectivity index is 1.62. The molecule has 8 nitrogen and oxygen atoms in total. The van der Waals surface area contributed by atoms with Gasteiger partial charge >= 0.3 is 0 Å². The number of ether oxygens (including phenoxy) is 3. The van der Waals surface area contributed by atoms with E-state index in [9.17, 15) is 13.2 Å². The average Bonchev–Trinajstić information content (AvgIpc) is 2.66. The summed E-state index contributed by atoms with van der Waals surface area (Å²) in [6.45, 7) is 2.26. The summed E-state index contributed by atoms with van der Waals surface area (Å²) >= 11 is 0. The van der Waals surface area contributed by atoms with Crippen LogP contribution in [0.5, 0.6) is 17.2 Å². The first-order chi connectivity index (χ1) is 12.9. The van der Waals surface area contributed by atoms with E-state index in [4.69, 9.17) is 14.2 Å². The minimum atomic E-state index is -3.82. The van der Waals surface area contributed by atoms with Crippen molar-refractivity contribution < 1.29 is 27.4 Å². The molecule has 9 heteroatoms. The second-order valence-corrected chi connectivity index (χ2v) is 7.63. The molecular formula is C18H20N2O6S. The van der Waals surface area contributed by atoms with Gasteiger partial charge in [-0.1, -0.05) is 0 Å². The predicted molar refractivity (Wildman–Crippen MR) is 99.0 cm³/mol. The Kier molecular flexibility index (Phi) is 5.52. The number of rotatable bonds is 6. The van der Waals surface area contributed by atoms with Crippen molar-refractivity contribution in [2.75, 3.05) is 32.2 Å². The number of fused-ring (bicyclic) bond motifs is 1. The van der Waals surface area contributed by atoms with Crippen molar-refractivity contribution in [2.45, 2.75) is 11.8 Å². The van der Waals surface area contributed by atoms with Crippen molar-refractivity contribution in [1.82, 2.24) is 4.72 Å². The fourth-order valence-electron chi connectivity index (χ4n) is 2.59. The first-order valence-corrected chi connectivity index (χ1v) is 9.71. The van der Waals surface area contributed by atoms with E-state index < -0.39 is 22.5 Å². The monoisotopic (exact) mass is 392 g/mol. The fourth-order valence-corrected chi connectivity index (χ4v) is 3.66. The van der Waals surface area contributed by atoms with Crippen molar-refractivity contribution in [2.24, 2.45) is 0 Å². The molecule has 0 unspecified atom stereocenters. The Morgan fingerprint density at radius 2 is 1.85 bits per heavy atom. The van der Waals surface area contributed by atoms with Crippen LogP contribution in [0, 0.1) is 6.92 Å². The first kappa shape index (κ1) is 19.0. The molecule has 3 rings (SSSR count). The SMILES string of the molecule is COc1ccc(S(=O)(=O)NCC(=O)Nc2ccc3c(c2)OCCO3)cc1C. The fraction of sp³-hybridized carbons (Fsp3) is 0.278. The summed E-state index contributed by atoms with van der Waals surface area (Å²) in [6, 6.07) is 9.46. The molecule has 0 atom stereocenters. The van der Waals surface area contributed by atoms with Crippen molar-refractivity contribution in [3.8, 4) is 17.2 Å². The van der Waals surface area contributed by atoms with Crippen LogP contribution in [0.1, 0.15) is 5.56 Å². The molecule has 0 bridgehead atoms. The third-order valence-corrected chi connectivity index (χ3v) is 5.32. The minimum Gasteiger partial charge on any atom is -0.496 e. The summed E-state index contributed by atoms with van der Waals surface area (Å²) in [6.07, 6.45) is 0. The lowest BCUT2D eigenvalue weighted by Crippen LogP contribution is -2.33. The van der Waals surface area contributed by atoms with Crippen LogP contribution < -0.4 is 24.2 Å². The Morgan fingerprint density at radius 1 is 1.11 bits per heavy atom. The number of benzene rings is 2. The van der Waals surface area contributed by atoms with Crippen LogP contribution in [0.15, 0.2) is 41.3 Å². The molecule has 0 spiro atoms. The van der Waals surface area contributed by atoms with E-state index >= 15 is 0 Å². The summed E-state index contributed by atoms with van der Waals surface area (Å²) in [5, 5.41) is 2.62. The zero-order chi connectivity index (χ0) is 19.4. The molecule has 27 heavy (non-hydrogen) atoms. The summed E-state index contributed by atoms with van der Waals surface area (Å²) in [7, 11) is -2.31. The minimum absolute atomic E-state index is 0.0629. The highest BCUT2D eigenvalue weighted by Crippen LogP contribution is 2.32. The highest BCUT2D eigenvalue weighted by atomic mass is 32.2. The van der Waals surface area contributed by atoms with Gasteiger partial charge in [0.25, 0.3) is 0 Å². The summed E-state index contributed by atoms with van der Waals surface area (Å²) in [4.78, 5) is 12.2. The quantitative estimate of drug-likeness (QED) is 0.776. The van der Waals surface area contributed by atoms with E-state index in [0.29, 0.717) is 41.7 Å². The first-order valence-electron chi connectivity index (χ1n) is 8.23. The molecular weight excluding hydrogens is 372 g/mol. The van der Waals surface area contributed by atoms with E-state index in [-0.39, 0.29) is 4.90 Å². The lowest BCUT2D eigenvalue weighted by molar-refractivity contribution is -0.115. The number of hydrogen-bond acceptors (Lipinski definition) is 6. The van der Waals surface area contributed by atoms with Gasteiger partial charge in [-0.2, -0.15) is 0 Å². The number of amides is 1. The van der Waals surface area contributed by atoms with Crippen LogP contribution in [0.2, 0.25) is 0 Å². The Labute approximate surface area is 157 Å². The van der Waals surface area contributed by atoms with Gasteiger partial charge in [-0.05, 0) is 42.8 Å². The third kappa shape index (κ3) is 4.50. The topological polar surface area (TPSA) is 103 Å². The maximum absolute atomic E-state index is 12.4. The summed E-state index contributed by atoms with van der Waals surface area (Å²) < 4.78 is 43.0. The predicted octanol–water partition coefficient (Wildman–Crippen LogP) is 1.69. The number of hydrogen-bond donors (Lipinski definition) is 2. The number of carbonyl (C=O) groups excluding carboxylic acids is 1. The zero-order valence-electron chi connectivity index (χ0n) is 14.9. The molecule has 1 heterocycles. The van der Waals surface area contributed by atoms with Gasteiger partial charge < -0.3 is 19.5 Å². The maximum Gasteiger partial charge on any atom is 0.241 e. The number of nitrogens with one attached hydrogen (secondary N) is 2. The molecule has 144 valence electrons. The van der Waals surface area contributed by atoms with Gasteiger partial charge in [0.1, 0.15) is 19.0 Å². The lowest BCUT2D eigenvalue weighted by atomic mass is 10.2. The molecule has 1 aliphatic rings. The third-order valence-electron chi connectivity index (χ3n) is 3.93. The average molecular weight is 392 g/mol. The Bertz CT molecular complexity index is 958. The number of methoxy groups -OCH3 is 1. The maximum atomic E-state index is 12.4. The Morgan fingerprint density at radius 3 is 2.56 bits per heavy atom. The van der Waals surface area contributed by atoms with E-state index in [0.717, 1.165) is 0 Å².